The van der Waals surface area contributed by atoms with E-state index < -0.39 is 24.0 Å². The van der Waals surface area contributed by atoms with E-state index in [1.807, 2.05) is 6.07 Å². The number of carboxylic acids is 1. The molecule has 37 heavy (non-hydrogen) atoms. The number of methoxy groups -OCH3 is 1. The normalized spacial score (nSPS) is 21.2. The number of alkyl halides is 1. The van der Waals surface area contributed by atoms with Crippen LogP contribution in [0.1, 0.15) is 79.4 Å². The van der Waals surface area contributed by atoms with Crippen molar-refractivity contribution in [3.63, 3.8) is 0 Å². The van der Waals surface area contributed by atoms with Gasteiger partial charge < -0.3 is 15.2 Å². The van der Waals surface area contributed by atoms with E-state index in [9.17, 15) is 14.3 Å². The average Bonchev–Trinajstić information content (AvgIpc) is 3.62. The minimum absolute atomic E-state index is 0.199. The Bertz CT molecular complexity index is 1110. The second-order valence-corrected chi connectivity index (χ2v) is 10.6. The van der Waals surface area contributed by atoms with E-state index in [1.54, 1.807) is 12.0 Å². The molecule has 2 fully saturated rings. The summed E-state index contributed by atoms with van der Waals surface area (Å²) < 4.78 is 34.8. The van der Waals surface area contributed by atoms with Crippen LogP contribution in [0.15, 0.2) is 18.3 Å². The number of pyridine rings is 2. The van der Waals surface area contributed by atoms with Crippen molar-refractivity contribution in [3.05, 3.63) is 46.7 Å². The van der Waals surface area contributed by atoms with Gasteiger partial charge in [-0.2, -0.15) is 0 Å². The zero-order valence-electron chi connectivity index (χ0n) is 21.4. The number of carbonyl (C=O) groups is 1. The summed E-state index contributed by atoms with van der Waals surface area (Å²) in [5.41, 5.74) is 3.18. The van der Waals surface area contributed by atoms with Gasteiger partial charge in [-0.15, -0.1) is 0 Å². The molecule has 0 amide bonds. The minimum atomic E-state index is -1.03. The number of ether oxygens (including phenoxy) is 1. The molecule has 9 heteroatoms. The van der Waals surface area contributed by atoms with Crippen molar-refractivity contribution in [2.45, 2.75) is 75.9 Å². The van der Waals surface area contributed by atoms with E-state index >= 15 is 4.39 Å². The Balaban J connectivity index is 1.15. The lowest BCUT2D eigenvalue weighted by Crippen LogP contribution is -2.34. The molecule has 5 rings (SSSR count). The van der Waals surface area contributed by atoms with Crippen molar-refractivity contribution in [2.75, 3.05) is 32.1 Å². The average molecular weight is 515 g/mol. The van der Waals surface area contributed by atoms with E-state index in [4.69, 9.17) is 9.72 Å². The van der Waals surface area contributed by atoms with Crippen LogP contribution in [0.25, 0.3) is 0 Å². The highest BCUT2D eigenvalue weighted by Crippen LogP contribution is 2.43. The molecule has 2 aromatic heterocycles. The fourth-order valence-electron chi connectivity index (χ4n) is 5.86. The molecule has 1 unspecified atom stereocenters. The molecule has 3 aliphatic rings. The summed E-state index contributed by atoms with van der Waals surface area (Å²) in [4.78, 5) is 23.0. The maximum atomic E-state index is 15.2. The van der Waals surface area contributed by atoms with Crippen LogP contribution in [0.5, 0.6) is 5.75 Å². The molecule has 0 radical (unpaired) electrons. The third kappa shape index (κ3) is 5.87. The summed E-state index contributed by atoms with van der Waals surface area (Å²) in [6.45, 7) is 1.75. The Morgan fingerprint density at radius 2 is 2.14 bits per heavy atom. The van der Waals surface area contributed by atoms with Gasteiger partial charge in [0.05, 0.1) is 13.3 Å². The highest BCUT2D eigenvalue weighted by molar-refractivity contribution is 5.76. The number of likely N-dealkylation sites (tertiary alicyclic amines) is 1. The Hall–Kier alpha value is -2.81. The first-order valence-corrected chi connectivity index (χ1v) is 13.5. The van der Waals surface area contributed by atoms with Gasteiger partial charge in [0.1, 0.15) is 29.6 Å². The van der Waals surface area contributed by atoms with E-state index in [0.717, 1.165) is 80.5 Å². The smallest absolute Gasteiger partial charge is 0.325 e. The molecular formula is C28H36F2N4O3. The number of nitrogens with one attached hydrogen (secondary N) is 1. The van der Waals surface area contributed by atoms with Gasteiger partial charge >= 0.3 is 5.97 Å². The van der Waals surface area contributed by atoms with Crippen molar-refractivity contribution >= 4 is 11.8 Å². The third-order valence-electron chi connectivity index (χ3n) is 7.96. The van der Waals surface area contributed by atoms with Crippen LogP contribution in [-0.4, -0.2) is 58.9 Å². The third-order valence-corrected chi connectivity index (χ3v) is 7.96. The fourth-order valence-corrected chi connectivity index (χ4v) is 5.86. The monoisotopic (exact) mass is 514 g/mol. The Kier molecular flexibility index (Phi) is 7.88. The van der Waals surface area contributed by atoms with Crippen molar-refractivity contribution < 1.29 is 23.4 Å². The quantitative estimate of drug-likeness (QED) is 0.406. The molecule has 1 saturated heterocycles. The van der Waals surface area contributed by atoms with Crippen LogP contribution in [0.3, 0.4) is 0 Å². The summed E-state index contributed by atoms with van der Waals surface area (Å²) in [6, 6.07) is 2.31. The van der Waals surface area contributed by atoms with Gasteiger partial charge in [-0.05, 0) is 64.0 Å². The first-order valence-electron chi connectivity index (χ1n) is 13.5. The molecular weight excluding hydrogens is 478 g/mol. The standard InChI is InChI=1S/C28H36F2N4O3/c1-37-24-14-20(33-27-21(24)6-4-11-31-27)5-2-3-7-23(30)18-10-12-34(16-18)26(28(35)36)22-13-19(29)15-32-25(22)17-8-9-17/h13-15,17-18,23,26H,2-12,16H2,1H3,(H,31,33)(H,35,36)/t18-,23?,26-/m1/s1. The largest absolute Gasteiger partial charge is 0.496 e. The van der Waals surface area contributed by atoms with Crippen LogP contribution >= 0.6 is 0 Å². The number of halogens is 2. The number of nitrogens with zero attached hydrogens (tertiary/aromatic N) is 3. The van der Waals surface area contributed by atoms with Gasteiger partial charge in [-0.1, -0.05) is 6.42 Å². The zero-order valence-corrected chi connectivity index (χ0v) is 21.4. The number of aliphatic carboxylic acids is 1. The lowest BCUT2D eigenvalue weighted by Gasteiger charge is -2.26. The van der Waals surface area contributed by atoms with Crippen molar-refractivity contribution in [1.29, 1.82) is 0 Å². The Labute approximate surface area is 216 Å². The van der Waals surface area contributed by atoms with E-state index in [2.05, 4.69) is 10.3 Å². The Morgan fingerprint density at radius 3 is 2.89 bits per heavy atom. The number of aryl methyl sites for hydroxylation is 1. The SMILES string of the molecule is COc1cc(CCCCC(F)[C@@H]2CCN([C@@H](C(=O)O)c3cc(F)cnc3C3CC3)C2)nc2c1CCCN2. The number of fused-ring (bicyclic) bond motifs is 1. The van der Waals surface area contributed by atoms with E-state index in [0.29, 0.717) is 37.2 Å². The molecule has 0 spiro atoms. The van der Waals surface area contributed by atoms with Gasteiger partial charge in [0, 0.05) is 53.5 Å². The zero-order chi connectivity index (χ0) is 25.9. The number of rotatable bonds is 11. The molecule has 1 aliphatic carbocycles. The predicted octanol–water partition coefficient (Wildman–Crippen LogP) is 5.06. The number of hydrogen-bond donors (Lipinski definition) is 2. The highest BCUT2D eigenvalue weighted by Gasteiger charge is 2.40. The molecule has 2 aromatic rings. The van der Waals surface area contributed by atoms with Gasteiger partial charge in [0.2, 0.25) is 0 Å². The predicted molar refractivity (Wildman–Crippen MR) is 136 cm³/mol. The number of aromatic nitrogens is 2. The first kappa shape index (κ1) is 25.8. The van der Waals surface area contributed by atoms with Crippen LogP contribution < -0.4 is 10.1 Å². The van der Waals surface area contributed by atoms with Crippen LogP contribution in [0, 0.1) is 11.7 Å². The number of carboxylic acid groups (broad SMARTS) is 1. The van der Waals surface area contributed by atoms with Crippen LogP contribution in [-0.2, 0) is 17.6 Å². The summed E-state index contributed by atoms with van der Waals surface area (Å²) in [6.07, 6.45) is 7.41. The molecule has 0 aromatic carbocycles. The maximum Gasteiger partial charge on any atom is 0.325 e. The minimum Gasteiger partial charge on any atom is -0.496 e. The molecule has 2 aliphatic heterocycles. The second kappa shape index (κ2) is 11.3. The van der Waals surface area contributed by atoms with Crippen molar-refractivity contribution in [2.24, 2.45) is 5.92 Å². The number of hydrogen-bond acceptors (Lipinski definition) is 6. The van der Waals surface area contributed by atoms with Gasteiger partial charge in [-0.3, -0.25) is 14.7 Å². The Morgan fingerprint density at radius 1 is 1.30 bits per heavy atom. The van der Waals surface area contributed by atoms with Crippen molar-refractivity contribution in [1.82, 2.24) is 14.9 Å². The molecule has 7 nitrogen and oxygen atoms in total. The highest BCUT2D eigenvalue weighted by atomic mass is 19.1. The molecule has 4 heterocycles. The number of unbranched alkanes of at least 4 members (excludes halogenated alkanes) is 1. The number of anilines is 1. The maximum absolute atomic E-state index is 15.2. The van der Waals surface area contributed by atoms with Crippen molar-refractivity contribution in [3.8, 4) is 5.75 Å². The molecule has 2 N–H and O–H groups in total. The lowest BCUT2D eigenvalue weighted by molar-refractivity contribution is -0.143. The van der Waals surface area contributed by atoms with E-state index in [-0.39, 0.29) is 11.8 Å². The van der Waals surface area contributed by atoms with Crippen LogP contribution in [0.2, 0.25) is 0 Å². The molecule has 200 valence electrons. The van der Waals surface area contributed by atoms with Crippen LogP contribution in [0.4, 0.5) is 14.6 Å². The molecule has 1 saturated carbocycles. The first-order chi connectivity index (χ1) is 17.9. The summed E-state index contributed by atoms with van der Waals surface area (Å²) in [7, 11) is 1.68. The topological polar surface area (TPSA) is 87.6 Å². The summed E-state index contributed by atoms with van der Waals surface area (Å²) in [5.74, 6) is 0.178. The van der Waals surface area contributed by atoms with E-state index in [1.165, 1.54) is 6.07 Å². The molecule has 3 atom stereocenters. The summed E-state index contributed by atoms with van der Waals surface area (Å²) >= 11 is 0. The summed E-state index contributed by atoms with van der Waals surface area (Å²) in [5, 5.41) is 13.4. The second-order valence-electron chi connectivity index (χ2n) is 10.6. The fraction of sp³-hybridized carbons (Fsp3) is 0.607. The lowest BCUT2D eigenvalue weighted by atomic mass is 9.97. The molecule has 0 bridgehead atoms. The van der Waals surface area contributed by atoms with Gasteiger partial charge in [0.15, 0.2) is 0 Å². The van der Waals surface area contributed by atoms with Gasteiger partial charge in [-0.25, -0.2) is 13.8 Å². The van der Waals surface area contributed by atoms with Gasteiger partial charge in [0.25, 0.3) is 0 Å².